The first-order valence-corrected chi connectivity index (χ1v) is 11.9. The van der Waals surface area contributed by atoms with E-state index in [2.05, 4.69) is 25.7 Å². The monoisotopic (exact) mass is 486 g/mol. The third-order valence-electron chi connectivity index (χ3n) is 6.66. The van der Waals surface area contributed by atoms with Crippen molar-refractivity contribution in [1.29, 1.82) is 0 Å². The van der Waals surface area contributed by atoms with Crippen LogP contribution in [0.2, 0.25) is 0 Å². The smallest absolute Gasteiger partial charge is 0.254 e. The Balaban J connectivity index is 1.52. The van der Waals surface area contributed by atoms with Crippen LogP contribution in [0.3, 0.4) is 0 Å². The van der Waals surface area contributed by atoms with Gasteiger partial charge in [-0.2, -0.15) is 15.1 Å². The van der Waals surface area contributed by atoms with Gasteiger partial charge in [-0.1, -0.05) is 12.8 Å². The highest BCUT2D eigenvalue weighted by molar-refractivity contribution is 5.84. The van der Waals surface area contributed by atoms with Gasteiger partial charge in [-0.05, 0) is 24.8 Å². The Morgan fingerprint density at radius 3 is 2.74 bits per heavy atom. The van der Waals surface area contributed by atoms with Crippen LogP contribution in [0.4, 0.5) is 5.82 Å². The van der Waals surface area contributed by atoms with Crippen molar-refractivity contribution in [3.8, 4) is 5.95 Å². The van der Waals surface area contributed by atoms with Crippen LogP contribution in [0.25, 0.3) is 17.1 Å². The Kier molecular flexibility index (Phi) is 6.65. The summed E-state index contributed by atoms with van der Waals surface area (Å²) in [5.41, 5.74) is 1.76. The molecule has 3 aromatic heterocycles. The molecule has 35 heavy (non-hydrogen) atoms. The van der Waals surface area contributed by atoms with E-state index in [-0.39, 0.29) is 17.9 Å². The summed E-state index contributed by atoms with van der Waals surface area (Å²) in [4.78, 5) is 25.4. The highest BCUT2D eigenvalue weighted by Gasteiger charge is 2.44. The van der Waals surface area contributed by atoms with Crippen molar-refractivity contribution in [1.82, 2.24) is 34.6 Å². The van der Waals surface area contributed by atoms with E-state index in [9.17, 15) is 20.1 Å². The van der Waals surface area contributed by atoms with Crippen LogP contribution >= 0.6 is 0 Å². The largest absolute Gasteiger partial charge is 0.394 e. The van der Waals surface area contributed by atoms with E-state index in [0.717, 1.165) is 31.2 Å². The van der Waals surface area contributed by atoms with Gasteiger partial charge >= 0.3 is 0 Å². The van der Waals surface area contributed by atoms with Gasteiger partial charge in [-0.3, -0.25) is 9.36 Å². The second-order valence-corrected chi connectivity index (χ2v) is 9.02. The Morgan fingerprint density at radius 2 is 2.03 bits per heavy atom. The predicted molar refractivity (Wildman–Crippen MR) is 124 cm³/mol. The van der Waals surface area contributed by atoms with Crippen molar-refractivity contribution in [2.75, 3.05) is 19.0 Å². The summed E-state index contributed by atoms with van der Waals surface area (Å²) in [5, 5.41) is 40.7. The molecule has 1 saturated heterocycles. The summed E-state index contributed by atoms with van der Waals surface area (Å²) in [7, 11) is 1.60. The van der Waals surface area contributed by atoms with E-state index < -0.39 is 31.1 Å². The van der Waals surface area contributed by atoms with Crippen LogP contribution in [0.5, 0.6) is 0 Å². The van der Waals surface area contributed by atoms with Crippen LogP contribution in [0, 0.1) is 0 Å². The molecule has 2 aliphatic rings. The normalized spacial score (nSPS) is 24.9. The molecule has 0 bridgehead atoms. The fourth-order valence-corrected chi connectivity index (χ4v) is 4.65. The molecular formula is C22H30N8O5. The van der Waals surface area contributed by atoms with Gasteiger partial charge in [0.05, 0.1) is 19.1 Å². The van der Waals surface area contributed by atoms with Gasteiger partial charge in [0.25, 0.3) is 5.95 Å². The molecule has 2 fully saturated rings. The number of rotatable bonds is 8. The van der Waals surface area contributed by atoms with Crippen molar-refractivity contribution in [3.05, 3.63) is 24.3 Å². The number of hydrogen-bond acceptors (Lipinski definition) is 10. The van der Waals surface area contributed by atoms with Gasteiger partial charge in [0.2, 0.25) is 5.91 Å². The Labute approximate surface area is 201 Å². The molecule has 0 unspecified atom stereocenters. The maximum absolute atomic E-state index is 11.6. The molecule has 1 aliphatic carbocycles. The lowest BCUT2D eigenvalue weighted by Crippen LogP contribution is -2.33. The van der Waals surface area contributed by atoms with Gasteiger partial charge in [0, 0.05) is 25.7 Å². The van der Waals surface area contributed by atoms with Gasteiger partial charge in [-0.15, -0.1) is 0 Å². The number of carbonyl (C=O) groups excluding carboxylic acids is 1. The van der Waals surface area contributed by atoms with E-state index in [1.165, 1.54) is 11.0 Å². The standard InChI is InChI=1S/C22H30N8O5/c1-23-15(32)7-6-12-8-25-30(9-12)22-27-19(26-13-4-2-3-5-13)16-20(28-22)29(11-24-16)21-18(34)17(33)14(10-31)35-21/h8-9,11,13-14,17-18,21,31,33-34H,2-7,10H2,1H3,(H,23,32)(H,26,27,28)/t14-,17-,18-,21+/m0/s1. The molecule has 13 heteroatoms. The Morgan fingerprint density at radius 1 is 1.23 bits per heavy atom. The number of imidazole rings is 1. The van der Waals surface area contributed by atoms with Crippen molar-refractivity contribution in [2.24, 2.45) is 0 Å². The van der Waals surface area contributed by atoms with Crippen LogP contribution in [-0.2, 0) is 16.0 Å². The minimum atomic E-state index is -1.27. The zero-order valence-corrected chi connectivity index (χ0v) is 19.4. The molecule has 1 saturated carbocycles. The van der Waals surface area contributed by atoms with Crippen molar-refractivity contribution in [3.63, 3.8) is 0 Å². The number of ether oxygens (including phenoxy) is 1. The average Bonchev–Trinajstić information content (AvgIpc) is 3.66. The summed E-state index contributed by atoms with van der Waals surface area (Å²) < 4.78 is 8.78. The lowest BCUT2D eigenvalue weighted by molar-refractivity contribution is -0.120. The number of amides is 1. The number of hydrogen-bond donors (Lipinski definition) is 5. The van der Waals surface area contributed by atoms with Crippen molar-refractivity contribution < 1.29 is 24.9 Å². The lowest BCUT2D eigenvalue weighted by Gasteiger charge is -2.18. The maximum Gasteiger partial charge on any atom is 0.254 e. The van der Waals surface area contributed by atoms with Crippen LogP contribution in [0.15, 0.2) is 18.7 Å². The molecule has 4 atom stereocenters. The number of aryl methyl sites for hydroxylation is 1. The Hall–Kier alpha value is -3.13. The highest BCUT2D eigenvalue weighted by atomic mass is 16.6. The first-order valence-electron chi connectivity index (χ1n) is 11.9. The fraction of sp³-hybridized carbons (Fsp3) is 0.591. The Bertz CT molecular complexity index is 1190. The SMILES string of the molecule is CNC(=O)CCc1cnn(-c2nc(NC3CCCC3)c3ncn([C@@H]4O[C@@H](CO)[C@H](O)[C@@H]4O)c3n2)c1. The number of fused-ring (bicyclic) bond motifs is 1. The minimum Gasteiger partial charge on any atom is -0.394 e. The molecule has 5 N–H and O–H groups in total. The van der Waals surface area contributed by atoms with Crippen LogP contribution in [0.1, 0.15) is 43.9 Å². The molecule has 188 valence electrons. The predicted octanol–water partition coefficient (Wildman–Crippen LogP) is -0.343. The molecular weight excluding hydrogens is 456 g/mol. The zero-order chi connectivity index (χ0) is 24.5. The quantitative estimate of drug-likeness (QED) is 0.283. The summed E-state index contributed by atoms with van der Waals surface area (Å²) >= 11 is 0. The molecule has 4 heterocycles. The van der Waals surface area contributed by atoms with E-state index in [1.807, 2.05) is 0 Å². The number of anilines is 1. The first-order chi connectivity index (χ1) is 17.0. The molecule has 0 aromatic carbocycles. The molecule has 0 radical (unpaired) electrons. The number of nitrogens with zero attached hydrogens (tertiary/aromatic N) is 6. The van der Waals surface area contributed by atoms with E-state index in [1.54, 1.807) is 24.0 Å². The molecule has 5 rings (SSSR count). The van der Waals surface area contributed by atoms with Crippen molar-refractivity contribution in [2.45, 2.75) is 69.1 Å². The van der Waals surface area contributed by atoms with E-state index in [4.69, 9.17) is 9.72 Å². The van der Waals surface area contributed by atoms with E-state index in [0.29, 0.717) is 29.8 Å². The average molecular weight is 487 g/mol. The summed E-state index contributed by atoms with van der Waals surface area (Å²) in [6.45, 7) is -0.428. The van der Waals surface area contributed by atoms with Crippen LogP contribution in [-0.4, -0.2) is 88.5 Å². The number of nitrogens with one attached hydrogen (secondary N) is 2. The summed E-state index contributed by atoms with van der Waals surface area (Å²) in [6, 6.07) is 0.265. The number of aromatic nitrogens is 6. The third kappa shape index (κ3) is 4.59. The fourth-order valence-electron chi connectivity index (χ4n) is 4.65. The van der Waals surface area contributed by atoms with E-state index >= 15 is 0 Å². The molecule has 1 amide bonds. The molecule has 13 nitrogen and oxygen atoms in total. The molecule has 3 aromatic rings. The molecule has 0 spiro atoms. The second kappa shape index (κ2) is 9.85. The zero-order valence-electron chi connectivity index (χ0n) is 19.4. The topological polar surface area (TPSA) is 172 Å². The van der Waals surface area contributed by atoms with Crippen molar-refractivity contribution >= 4 is 22.9 Å². The number of aliphatic hydroxyl groups excluding tert-OH is 3. The third-order valence-corrected chi connectivity index (χ3v) is 6.66. The second-order valence-electron chi connectivity index (χ2n) is 9.02. The van der Waals surface area contributed by atoms with Gasteiger partial charge in [-0.25, -0.2) is 9.67 Å². The summed E-state index contributed by atoms with van der Waals surface area (Å²) in [6.07, 6.45) is 5.74. The van der Waals surface area contributed by atoms with Crippen LogP contribution < -0.4 is 10.6 Å². The lowest BCUT2D eigenvalue weighted by atomic mass is 10.1. The highest BCUT2D eigenvalue weighted by Crippen LogP contribution is 2.33. The van der Waals surface area contributed by atoms with Gasteiger partial charge in [0.1, 0.15) is 18.3 Å². The minimum absolute atomic E-state index is 0.0548. The summed E-state index contributed by atoms with van der Waals surface area (Å²) in [5.74, 6) is 0.781. The maximum atomic E-state index is 11.6. The van der Waals surface area contributed by atoms with Gasteiger partial charge in [0.15, 0.2) is 23.2 Å². The number of carbonyl (C=O) groups is 1. The van der Waals surface area contributed by atoms with Gasteiger partial charge < -0.3 is 30.7 Å². The first kappa shape index (κ1) is 23.6. The number of aliphatic hydroxyl groups is 3. The molecule has 1 aliphatic heterocycles.